The average Bonchev–Trinajstić information content (AvgIpc) is 3.95. The van der Waals surface area contributed by atoms with Gasteiger partial charge >= 0.3 is 18.7 Å². The van der Waals surface area contributed by atoms with Crippen LogP contribution in [0.4, 0.5) is 19.3 Å². The van der Waals surface area contributed by atoms with Crippen LogP contribution in [-0.4, -0.2) is 107 Å². The van der Waals surface area contributed by atoms with Crippen LogP contribution in [0.5, 0.6) is 11.5 Å². The van der Waals surface area contributed by atoms with Gasteiger partial charge in [-0.3, -0.25) is 23.6 Å². The van der Waals surface area contributed by atoms with E-state index >= 15 is 0 Å². The number of amides is 3. The smallest absolute Gasteiger partial charge is 0.410 e. The minimum absolute atomic E-state index is 0.00719. The number of hydrogen-bond donors (Lipinski definition) is 0. The average molecular weight is 902 g/mol. The number of benzene rings is 2. The Hall–Kier alpha value is -4.98. The second-order valence-corrected chi connectivity index (χ2v) is 17.8. The molecule has 21 heteroatoms. The van der Waals surface area contributed by atoms with Crippen molar-refractivity contribution in [3.05, 3.63) is 86.3 Å². The van der Waals surface area contributed by atoms with E-state index in [2.05, 4.69) is 4.74 Å². The summed E-state index contributed by atoms with van der Waals surface area (Å²) in [5, 5.41) is 11.8. The lowest BCUT2D eigenvalue weighted by atomic mass is 10.0. The number of alkyl halides is 2. The van der Waals surface area contributed by atoms with Gasteiger partial charge < -0.3 is 33.8 Å². The molecule has 5 rings (SSSR count). The van der Waals surface area contributed by atoms with Crippen LogP contribution in [0.25, 0.3) is 0 Å². The van der Waals surface area contributed by atoms with Crippen molar-refractivity contribution in [2.75, 3.05) is 57.1 Å². The molecule has 3 amide bonds. The van der Waals surface area contributed by atoms with Crippen molar-refractivity contribution in [1.29, 1.82) is 0 Å². The maximum Gasteiger partial charge on any atom is 0.410 e. The minimum atomic E-state index is -4.02. The highest BCUT2D eigenvalue weighted by Gasteiger charge is 2.39. The van der Waals surface area contributed by atoms with E-state index in [9.17, 15) is 41.6 Å². The number of anilines is 1. The molecule has 0 radical (unpaired) electrons. The zero-order valence-corrected chi connectivity index (χ0v) is 35.7. The molecular formula is C39H44Cl2F2N4O12S. The van der Waals surface area contributed by atoms with Crippen LogP contribution in [0, 0.1) is 11.1 Å². The van der Waals surface area contributed by atoms with Crippen LogP contribution < -0.4 is 18.5 Å². The van der Waals surface area contributed by atoms with Crippen molar-refractivity contribution in [3.63, 3.8) is 0 Å². The summed E-state index contributed by atoms with van der Waals surface area (Å²) in [6, 6.07) is 7.67. The molecule has 1 atom stereocenters. The monoisotopic (exact) mass is 900 g/mol. The number of hydrogen-bond acceptors (Lipinski definition) is 12. The van der Waals surface area contributed by atoms with Crippen molar-refractivity contribution < 1.29 is 64.8 Å². The molecule has 1 aliphatic carbocycles. The lowest BCUT2D eigenvalue weighted by molar-refractivity contribution is -0.605. The Morgan fingerprint density at radius 2 is 1.65 bits per heavy atom. The Balaban J connectivity index is 1.38. The van der Waals surface area contributed by atoms with E-state index in [4.69, 9.17) is 42.1 Å². The van der Waals surface area contributed by atoms with E-state index < -0.39 is 58.8 Å². The van der Waals surface area contributed by atoms with Gasteiger partial charge in [-0.2, -0.15) is 13.5 Å². The molecule has 0 unspecified atom stereocenters. The van der Waals surface area contributed by atoms with E-state index in [-0.39, 0.29) is 94.7 Å². The Labute approximate surface area is 355 Å². The summed E-state index contributed by atoms with van der Waals surface area (Å²) in [4.78, 5) is 55.7. The highest BCUT2D eigenvalue weighted by atomic mass is 35.5. The van der Waals surface area contributed by atoms with E-state index in [0.717, 1.165) is 35.8 Å². The largest absolute Gasteiger partial charge is 0.619 e. The first-order chi connectivity index (χ1) is 28.1. The van der Waals surface area contributed by atoms with Crippen LogP contribution in [-0.2, 0) is 35.4 Å². The minimum Gasteiger partial charge on any atom is -0.619 e. The summed E-state index contributed by atoms with van der Waals surface area (Å²) in [5.41, 5.74) is -0.732. The Morgan fingerprint density at radius 1 is 0.983 bits per heavy atom. The van der Waals surface area contributed by atoms with Gasteiger partial charge in [0.05, 0.1) is 42.8 Å². The first-order valence-corrected chi connectivity index (χ1v) is 21.2. The molecule has 2 aliphatic rings. The van der Waals surface area contributed by atoms with Crippen molar-refractivity contribution in [3.8, 4) is 11.5 Å². The third kappa shape index (κ3) is 12.1. The number of methoxy groups -OCH3 is 1. The first-order valence-electron chi connectivity index (χ1n) is 18.6. The van der Waals surface area contributed by atoms with Crippen LogP contribution in [0.3, 0.4) is 0 Å². The summed E-state index contributed by atoms with van der Waals surface area (Å²) >= 11 is 12.7. The quantitative estimate of drug-likeness (QED) is 0.0612. The van der Waals surface area contributed by atoms with Gasteiger partial charge in [0.1, 0.15) is 28.3 Å². The van der Waals surface area contributed by atoms with Gasteiger partial charge in [-0.25, -0.2) is 13.2 Å². The van der Waals surface area contributed by atoms with E-state index in [1.807, 2.05) is 0 Å². The van der Waals surface area contributed by atoms with Crippen LogP contribution >= 0.6 is 23.2 Å². The molecule has 3 aromatic rings. The third-order valence-electron chi connectivity index (χ3n) is 9.17. The summed E-state index contributed by atoms with van der Waals surface area (Å²) in [5.74, 6) is -2.97. The summed E-state index contributed by atoms with van der Waals surface area (Å²) in [6.07, 6.45) is 2.57. The number of halogens is 4. The fourth-order valence-electron chi connectivity index (χ4n) is 6.08. The van der Waals surface area contributed by atoms with Crippen molar-refractivity contribution in [1.82, 2.24) is 9.80 Å². The number of esters is 1. The number of carbonyl (C=O) groups excluding carboxylic acids is 4. The molecule has 1 fully saturated rings. The number of nitrogens with zero attached hydrogens (tertiary/aromatic N) is 4. The fraction of sp³-hybridized carbons (Fsp3) is 0.462. The summed E-state index contributed by atoms with van der Waals surface area (Å²) in [7, 11) is -2.58. The number of fused-ring (bicyclic) bond motifs is 1. The lowest BCUT2D eigenvalue weighted by Gasteiger charge is -2.30. The number of ether oxygens (including phenoxy) is 5. The molecule has 0 saturated heterocycles. The molecule has 2 heterocycles. The number of rotatable bonds is 19. The van der Waals surface area contributed by atoms with Gasteiger partial charge in [0.25, 0.3) is 11.8 Å². The summed E-state index contributed by atoms with van der Waals surface area (Å²) < 4.78 is 80.8. The maximum absolute atomic E-state index is 13.7. The van der Waals surface area contributed by atoms with Gasteiger partial charge in [0.2, 0.25) is 10.0 Å². The second kappa shape index (κ2) is 19.2. The molecule has 1 aromatic heterocycles. The molecule has 2 aromatic carbocycles. The van der Waals surface area contributed by atoms with E-state index in [1.165, 1.54) is 48.4 Å². The second-order valence-electron chi connectivity index (χ2n) is 15.0. The molecule has 0 spiro atoms. The summed E-state index contributed by atoms with van der Waals surface area (Å²) in [6.45, 7) is 1.06. The third-order valence-corrected chi connectivity index (χ3v) is 11.0. The predicted octanol–water partition coefficient (Wildman–Crippen LogP) is 5.79. The Kier molecular flexibility index (Phi) is 14.7. The lowest BCUT2D eigenvalue weighted by Crippen LogP contribution is -2.44. The van der Waals surface area contributed by atoms with Crippen molar-refractivity contribution in [2.45, 2.75) is 58.4 Å². The van der Waals surface area contributed by atoms with Crippen LogP contribution in [0.15, 0.2) is 48.8 Å². The molecule has 60 heavy (non-hydrogen) atoms. The number of carbonyl (C=O) groups is 4. The maximum atomic E-state index is 13.7. The zero-order valence-electron chi connectivity index (χ0n) is 33.3. The topological polar surface area (TPSA) is 185 Å². The van der Waals surface area contributed by atoms with Gasteiger partial charge in [-0.05, 0) is 75.4 Å². The van der Waals surface area contributed by atoms with Gasteiger partial charge in [-0.1, -0.05) is 29.3 Å². The molecule has 16 nitrogen and oxygen atoms in total. The fourth-order valence-corrected chi connectivity index (χ4v) is 7.59. The van der Waals surface area contributed by atoms with Crippen LogP contribution in [0.1, 0.15) is 71.6 Å². The molecular weight excluding hydrogens is 857 g/mol. The normalized spacial score (nSPS) is 14.5. The molecule has 326 valence electrons. The van der Waals surface area contributed by atoms with E-state index in [0.29, 0.717) is 9.63 Å². The van der Waals surface area contributed by atoms with Crippen molar-refractivity contribution in [2.24, 2.45) is 5.92 Å². The predicted molar refractivity (Wildman–Crippen MR) is 213 cm³/mol. The Bertz CT molecular complexity index is 2200. The highest BCUT2D eigenvalue weighted by molar-refractivity contribution is 7.92. The molecule has 0 N–H and O–H groups in total. The number of imide groups is 1. The number of sulfonamides is 1. The SMILES string of the molecule is COCCN(CCN(c1ccc2c(c1)C(=O)N(CC(=O)O[C@@H](Cc1c(Cl)c[n+]([O-])cc1Cl)c1ccc(OC(F)F)c(OCC3CC3)c1)C2=O)S(C)(=O)=O)C(=O)OC(C)(C)C. The first kappa shape index (κ1) is 46.1. The van der Waals surface area contributed by atoms with E-state index in [1.54, 1.807) is 20.8 Å². The molecule has 1 aliphatic heterocycles. The number of aromatic nitrogens is 1. The molecule has 1 saturated carbocycles. The Morgan fingerprint density at radius 3 is 2.25 bits per heavy atom. The van der Waals surface area contributed by atoms with Crippen LogP contribution in [0.2, 0.25) is 10.0 Å². The zero-order chi connectivity index (χ0) is 44.1. The highest BCUT2D eigenvalue weighted by Crippen LogP contribution is 2.38. The standard InChI is InChI=1S/C39H44Cl2F2N4O12S/c1-39(2,3)59-38(51)44(14-15-55-4)12-13-47(60(5,53)54)25-9-10-26-27(17-25)36(50)46(35(26)49)21-34(48)57-32(18-28-29(40)19-45(52)20-30(28)41)24-8-11-31(58-37(42)43)33(16-24)56-22-23-6-7-23/h8-11,16-17,19-20,23,32,37H,6-7,12-15,18,21-22H2,1-5H3/t32-/m0/s1. The van der Waals surface area contributed by atoms with Crippen molar-refractivity contribution >= 4 is 62.8 Å². The molecule has 0 bridgehead atoms. The van der Waals surface area contributed by atoms with Gasteiger partial charge in [0.15, 0.2) is 23.9 Å². The number of pyridine rings is 1. The van der Waals surface area contributed by atoms with Gasteiger partial charge in [-0.15, -0.1) is 0 Å². The van der Waals surface area contributed by atoms with Gasteiger partial charge in [0, 0.05) is 32.2 Å².